The number of ketones is 1. The molecule has 0 aliphatic heterocycles. The second kappa shape index (κ2) is 13.0. The first-order valence-corrected chi connectivity index (χ1v) is 12.9. The molecule has 184 valence electrons. The topological polar surface area (TPSA) is 75.8 Å². The number of hydrogen-bond acceptors (Lipinski definition) is 4. The van der Waals surface area contributed by atoms with E-state index in [9.17, 15) is 14.9 Å². The van der Waals surface area contributed by atoms with Crippen molar-refractivity contribution in [3.8, 4) is 6.07 Å². The summed E-state index contributed by atoms with van der Waals surface area (Å²) < 4.78 is 2.18. The van der Waals surface area contributed by atoms with E-state index in [1.807, 2.05) is 6.92 Å². The molecule has 1 unspecified atom stereocenters. The number of aldehydes is 1. The molecule has 2 aromatic heterocycles. The van der Waals surface area contributed by atoms with E-state index in [-0.39, 0.29) is 11.7 Å². The maximum atomic E-state index is 13.5. The van der Waals surface area contributed by atoms with Crippen molar-refractivity contribution in [3.05, 3.63) is 64.5 Å². The number of nitrogens with zero attached hydrogens (tertiary/aromatic N) is 3. The van der Waals surface area contributed by atoms with Gasteiger partial charge in [0, 0.05) is 42.2 Å². The largest absolute Gasteiger partial charge is 0.329 e. The van der Waals surface area contributed by atoms with Gasteiger partial charge in [0.05, 0.1) is 5.56 Å². The van der Waals surface area contributed by atoms with Gasteiger partial charge in [-0.25, -0.2) is 4.98 Å². The monoisotopic (exact) mass is 471 g/mol. The van der Waals surface area contributed by atoms with E-state index < -0.39 is 0 Å². The van der Waals surface area contributed by atoms with Gasteiger partial charge in [0.15, 0.2) is 5.78 Å². The minimum atomic E-state index is -0.00819. The first kappa shape index (κ1) is 26.3. The molecular formula is C30H37N3O2. The number of Topliss-reactive ketones (excluding diaryl/α,β-unsaturated/α-hetero) is 1. The van der Waals surface area contributed by atoms with Crippen LogP contribution in [0.4, 0.5) is 0 Å². The van der Waals surface area contributed by atoms with Gasteiger partial charge in [-0.3, -0.25) is 4.79 Å². The number of nitriles is 1. The highest BCUT2D eigenvalue weighted by Crippen LogP contribution is 2.30. The van der Waals surface area contributed by atoms with Crippen LogP contribution >= 0.6 is 0 Å². The fourth-order valence-electron chi connectivity index (χ4n) is 4.88. The number of carbonyl (C=O) groups excluding carboxylic acids is 2. The molecule has 0 aliphatic rings. The van der Waals surface area contributed by atoms with Gasteiger partial charge in [-0.15, -0.1) is 0 Å². The molecule has 0 spiro atoms. The summed E-state index contributed by atoms with van der Waals surface area (Å²) in [5.74, 6) is 0.0386. The molecule has 0 N–H and O–H groups in total. The smallest absolute Gasteiger partial charge is 0.165 e. The van der Waals surface area contributed by atoms with Crippen molar-refractivity contribution in [2.75, 3.05) is 0 Å². The first-order valence-electron chi connectivity index (χ1n) is 12.9. The Morgan fingerprint density at radius 1 is 1.17 bits per heavy atom. The Labute approximate surface area is 209 Å². The second-order valence-electron chi connectivity index (χ2n) is 9.72. The molecule has 1 aromatic carbocycles. The van der Waals surface area contributed by atoms with E-state index in [0.717, 1.165) is 74.5 Å². The number of benzene rings is 1. The lowest BCUT2D eigenvalue weighted by atomic mass is 9.94. The molecule has 5 heteroatoms. The predicted molar refractivity (Wildman–Crippen MR) is 141 cm³/mol. The highest BCUT2D eigenvalue weighted by Gasteiger charge is 2.24. The lowest BCUT2D eigenvalue weighted by molar-refractivity contribution is -0.108. The van der Waals surface area contributed by atoms with E-state index in [4.69, 9.17) is 0 Å². The summed E-state index contributed by atoms with van der Waals surface area (Å²) in [6.45, 7) is 6.98. The van der Waals surface area contributed by atoms with Gasteiger partial charge in [0.2, 0.25) is 0 Å². The van der Waals surface area contributed by atoms with Gasteiger partial charge in [0.1, 0.15) is 18.0 Å². The molecule has 35 heavy (non-hydrogen) atoms. The fraction of sp³-hybridized carbons (Fsp3) is 0.467. The summed E-state index contributed by atoms with van der Waals surface area (Å²) in [4.78, 5) is 29.0. The van der Waals surface area contributed by atoms with Gasteiger partial charge in [-0.05, 0) is 56.6 Å². The van der Waals surface area contributed by atoms with E-state index >= 15 is 0 Å². The number of pyridine rings is 1. The summed E-state index contributed by atoms with van der Waals surface area (Å²) in [6.07, 6.45) is 10.4. The predicted octanol–water partition coefficient (Wildman–Crippen LogP) is 6.77. The van der Waals surface area contributed by atoms with Crippen molar-refractivity contribution >= 4 is 23.1 Å². The number of fused-ring (bicyclic) bond motifs is 1. The molecule has 0 radical (unpaired) electrons. The van der Waals surface area contributed by atoms with Crippen LogP contribution in [-0.2, 0) is 24.2 Å². The Bertz CT molecular complexity index is 1200. The Balaban J connectivity index is 1.79. The zero-order valence-electron chi connectivity index (χ0n) is 21.3. The van der Waals surface area contributed by atoms with Crippen LogP contribution in [0.5, 0.6) is 0 Å². The summed E-state index contributed by atoms with van der Waals surface area (Å²) in [7, 11) is 0. The van der Waals surface area contributed by atoms with Crippen LogP contribution < -0.4 is 0 Å². The van der Waals surface area contributed by atoms with Gasteiger partial charge in [-0.1, -0.05) is 56.5 Å². The third-order valence-corrected chi connectivity index (χ3v) is 6.61. The normalized spacial score (nSPS) is 11.9. The van der Waals surface area contributed by atoms with Crippen molar-refractivity contribution in [1.82, 2.24) is 9.55 Å². The highest BCUT2D eigenvalue weighted by molar-refractivity contribution is 6.09. The van der Waals surface area contributed by atoms with Crippen molar-refractivity contribution < 1.29 is 9.59 Å². The molecule has 0 saturated heterocycles. The van der Waals surface area contributed by atoms with E-state index in [2.05, 4.69) is 53.7 Å². The summed E-state index contributed by atoms with van der Waals surface area (Å²) >= 11 is 0. The lowest BCUT2D eigenvalue weighted by Crippen LogP contribution is -2.11. The Hall–Kier alpha value is -3.26. The molecule has 5 nitrogen and oxygen atoms in total. The van der Waals surface area contributed by atoms with Crippen LogP contribution in [0, 0.1) is 24.2 Å². The van der Waals surface area contributed by atoms with Crippen LogP contribution in [0.25, 0.3) is 11.0 Å². The third-order valence-electron chi connectivity index (χ3n) is 6.61. The summed E-state index contributed by atoms with van der Waals surface area (Å²) in [5.41, 5.74) is 5.68. The fourth-order valence-corrected chi connectivity index (χ4v) is 4.88. The van der Waals surface area contributed by atoms with Crippen LogP contribution in [0.3, 0.4) is 0 Å². The quantitative estimate of drug-likeness (QED) is 0.148. The number of aryl methyl sites for hydroxylation is 3. The minimum Gasteiger partial charge on any atom is -0.329 e. The summed E-state index contributed by atoms with van der Waals surface area (Å²) in [6, 6.07) is 12.7. The number of unbranched alkanes of at least 4 members (excludes halogenated alkanes) is 3. The van der Waals surface area contributed by atoms with Crippen molar-refractivity contribution in [2.24, 2.45) is 5.92 Å². The van der Waals surface area contributed by atoms with Gasteiger partial charge < -0.3 is 9.36 Å². The molecule has 2 heterocycles. The van der Waals surface area contributed by atoms with Crippen molar-refractivity contribution in [3.63, 3.8) is 0 Å². The number of carbonyl (C=O) groups is 2. The molecule has 1 atom stereocenters. The molecule has 3 rings (SSSR count). The van der Waals surface area contributed by atoms with E-state index in [1.165, 1.54) is 11.1 Å². The molecule has 0 saturated carbocycles. The first-order chi connectivity index (χ1) is 17.0. The van der Waals surface area contributed by atoms with E-state index in [0.29, 0.717) is 24.0 Å². The highest BCUT2D eigenvalue weighted by atomic mass is 16.1. The average molecular weight is 472 g/mol. The van der Waals surface area contributed by atoms with Gasteiger partial charge in [-0.2, -0.15) is 5.26 Å². The molecule has 0 aliphatic carbocycles. The third kappa shape index (κ3) is 6.88. The molecule has 0 fully saturated rings. The van der Waals surface area contributed by atoms with Gasteiger partial charge >= 0.3 is 0 Å². The maximum absolute atomic E-state index is 13.5. The molecule has 0 amide bonds. The number of aromatic nitrogens is 2. The number of rotatable bonds is 14. The van der Waals surface area contributed by atoms with Crippen LogP contribution in [-0.4, -0.2) is 21.6 Å². The van der Waals surface area contributed by atoms with Crippen molar-refractivity contribution in [1.29, 1.82) is 5.26 Å². The molecule has 3 aromatic rings. The van der Waals surface area contributed by atoms with E-state index in [1.54, 1.807) is 12.3 Å². The zero-order chi connectivity index (χ0) is 25.2. The Kier molecular flexibility index (Phi) is 9.78. The van der Waals surface area contributed by atoms with Crippen LogP contribution in [0.15, 0.2) is 36.5 Å². The van der Waals surface area contributed by atoms with Gasteiger partial charge in [0.25, 0.3) is 0 Å². The average Bonchev–Trinajstić information content (AvgIpc) is 3.14. The summed E-state index contributed by atoms with van der Waals surface area (Å²) in [5, 5.41) is 10.2. The Morgan fingerprint density at radius 2 is 1.94 bits per heavy atom. The van der Waals surface area contributed by atoms with Crippen LogP contribution in [0.1, 0.15) is 91.5 Å². The minimum absolute atomic E-state index is 0.00819. The zero-order valence-corrected chi connectivity index (χ0v) is 21.3. The van der Waals surface area contributed by atoms with Crippen LogP contribution in [0.2, 0.25) is 0 Å². The SMILES string of the molecule is CCCn1c(CCCCCCc2cccc(C)c2)c(C(=O)CC(C)CC=O)c2cc(C#N)cnc21. The second-order valence-corrected chi connectivity index (χ2v) is 9.72. The molecular weight excluding hydrogens is 434 g/mol. The number of hydrogen-bond donors (Lipinski definition) is 0. The Morgan fingerprint density at radius 3 is 2.63 bits per heavy atom. The molecule has 0 bridgehead atoms. The maximum Gasteiger partial charge on any atom is 0.165 e. The standard InChI is InChI=1S/C30H37N3O2/c1-4-15-33-27(13-8-6-5-7-11-24-12-9-10-22(2)17-24)29(28(35)18-23(3)14-16-34)26-19-25(20-31)21-32-30(26)33/h9-10,12,16-17,19,21,23H,4-8,11,13-15,18H2,1-3H3. The lowest BCUT2D eigenvalue weighted by Gasteiger charge is -2.12. The van der Waals surface area contributed by atoms with Crippen molar-refractivity contribution in [2.45, 2.75) is 85.1 Å².